The molecule has 0 aromatic rings. The van der Waals surface area contributed by atoms with Crippen molar-refractivity contribution in [3.8, 4) is 0 Å². The van der Waals surface area contributed by atoms with Crippen LogP contribution >= 0.6 is 0 Å². The first kappa shape index (κ1) is 40.6. The summed E-state index contributed by atoms with van der Waals surface area (Å²) in [6.45, 7) is 7.58. The Morgan fingerprint density at radius 1 is 0.911 bits per heavy atom. The van der Waals surface area contributed by atoms with Gasteiger partial charge in [-0.3, -0.25) is 19.2 Å². The minimum absolute atomic E-state index is 0.00293. The third-order valence-electron chi connectivity index (χ3n) is 8.47. The van der Waals surface area contributed by atoms with Crippen molar-refractivity contribution >= 4 is 23.4 Å². The molecule has 0 bridgehead atoms. The lowest BCUT2D eigenvalue weighted by Gasteiger charge is -2.23. The Morgan fingerprint density at radius 3 is 2.29 bits per heavy atom. The number of nitrogens with one attached hydrogen (secondary N) is 1. The maximum Gasteiger partial charge on any atom is 0.309 e. The Morgan fingerprint density at radius 2 is 1.62 bits per heavy atom. The molecule has 0 saturated heterocycles. The number of Topliss-reactive ketones (excluding diaryl/α,β-unsaturated/α-hetero) is 2. The lowest BCUT2D eigenvalue weighted by molar-refractivity contribution is -0.160. The van der Waals surface area contributed by atoms with Gasteiger partial charge < -0.3 is 30.1 Å². The number of ether oxygens (including phenoxy) is 2. The van der Waals surface area contributed by atoms with E-state index < -0.39 is 42.2 Å². The summed E-state index contributed by atoms with van der Waals surface area (Å²) in [4.78, 5) is 50.8. The second kappa shape index (κ2) is 23.0. The third-order valence-corrected chi connectivity index (χ3v) is 8.47. The average Bonchev–Trinajstić information content (AvgIpc) is 3.00. The Bertz CT molecular complexity index is 963. The predicted molar refractivity (Wildman–Crippen MR) is 173 cm³/mol. The number of allylic oxidation sites excluding steroid dienone is 3. The number of aliphatic hydroxyl groups excluding tert-OH is 3. The number of carbonyl (C=O) groups is 4. The number of methoxy groups -OCH3 is 1. The second-order valence-corrected chi connectivity index (χ2v) is 12.6. The molecule has 10 nitrogen and oxygen atoms in total. The van der Waals surface area contributed by atoms with Crippen LogP contribution in [-0.4, -0.2) is 83.4 Å². The number of hydrogen-bond donors (Lipinski definition) is 4. The van der Waals surface area contributed by atoms with E-state index >= 15 is 0 Å². The van der Waals surface area contributed by atoms with Gasteiger partial charge in [-0.1, -0.05) is 52.3 Å². The largest absolute Gasteiger partial charge is 0.452 e. The van der Waals surface area contributed by atoms with Crippen LogP contribution in [0.2, 0.25) is 0 Å². The number of esters is 1. The molecule has 1 rings (SSSR count). The molecule has 0 aromatic carbocycles. The number of carbonyl (C=O) groups excluding carboxylic acids is 4. The maximum absolute atomic E-state index is 12.8. The lowest BCUT2D eigenvalue weighted by Crippen LogP contribution is -2.43. The molecule has 0 radical (unpaired) electrons. The molecule has 0 fully saturated rings. The van der Waals surface area contributed by atoms with E-state index in [2.05, 4.69) is 18.3 Å². The van der Waals surface area contributed by atoms with Crippen molar-refractivity contribution in [3.63, 3.8) is 0 Å². The number of hydrogen-bond acceptors (Lipinski definition) is 9. The molecule has 1 amide bonds. The molecule has 1 aliphatic heterocycles. The molecule has 1 aliphatic rings. The molecule has 0 spiro atoms. The summed E-state index contributed by atoms with van der Waals surface area (Å²) in [6.07, 6.45) is 7.51. The topological polar surface area (TPSA) is 159 Å². The summed E-state index contributed by atoms with van der Waals surface area (Å²) in [5.41, 5.74) is 0.945. The van der Waals surface area contributed by atoms with Gasteiger partial charge >= 0.3 is 5.97 Å². The monoisotopic (exact) mass is 637 g/mol. The number of cyclic esters (lactones) is 1. The van der Waals surface area contributed by atoms with Crippen LogP contribution in [0.15, 0.2) is 23.8 Å². The zero-order chi connectivity index (χ0) is 33.8. The molecule has 45 heavy (non-hydrogen) atoms. The van der Waals surface area contributed by atoms with E-state index in [0.717, 1.165) is 24.8 Å². The highest BCUT2D eigenvalue weighted by Gasteiger charge is 2.28. The Kier molecular flexibility index (Phi) is 20.8. The van der Waals surface area contributed by atoms with E-state index in [1.165, 1.54) is 0 Å². The van der Waals surface area contributed by atoms with E-state index in [1.54, 1.807) is 21.0 Å². The van der Waals surface area contributed by atoms with Gasteiger partial charge in [-0.25, -0.2) is 0 Å². The van der Waals surface area contributed by atoms with Crippen molar-refractivity contribution in [3.05, 3.63) is 23.8 Å². The first-order valence-corrected chi connectivity index (χ1v) is 16.8. The minimum Gasteiger partial charge on any atom is -0.452 e. The van der Waals surface area contributed by atoms with Gasteiger partial charge in [0.05, 0.1) is 30.8 Å². The molecule has 1 heterocycles. The SMILES string of the molecule is CCCC1OC(=O)C(C)CC(C)C(=O)CCCC(=O)CCCC(CC)C=CC=C(COC)CCC(O)C(O)CC(O)CNC1=O. The fourth-order valence-electron chi connectivity index (χ4n) is 5.46. The Balaban J connectivity index is 3.02. The highest BCUT2D eigenvalue weighted by molar-refractivity contribution is 5.85. The van der Waals surface area contributed by atoms with Crippen LogP contribution in [0.5, 0.6) is 0 Å². The van der Waals surface area contributed by atoms with Crippen molar-refractivity contribution in [1.29, 1.82) is 0 Å². The summed E-state index contributed by atoms with van der Waals surface area (Å²) in [5, 5.41) is 34.1. The van der Waals surface area contributed by atoms with Gasteiger partial charge in [0.25, 0.3) is 5.91 Å². The Hall–Kier alpha value is -2.40. The van der Waals surface area contributed by atoms with E-state index in [-0.39, 0.29) is 56.1 Å². The van der Waals surface area contributed by atoms with Gasteiger partial charge in [-0.2, -0.15) is 0 Å². The van der Waals surface area contributed by atoms with Crippen LogP contribution in [0.3, 0.4) is 0 Å². The van der Waals surface area contributed by atoms with Crippen molar-refractivity contribution in [1.82, 2.24) is 5.32 Å². The van der Waals surface area contributed by atoms with Crippen LogP contribution < -0.4 is 5.32 Å². The smallest absolute Gasteiger partial charge is 0.309 e. The van der Waals surface area contributed by atoms with Crippen molar-refractivity contribution < 1.29 is 44.0 Å². The van der Waals surface area contributed by atoms with Crippen molar-refractivity contribution in [2.45, 2.75) is 136 Å². The third kappa shape index (κ3) is 17.2. The fraction of sp³-hybridized carbons (Fsp3) is 0.771. The number of ketones is 2. The summed E-state index contributed by atoms with van der Waals surface area (Å²) in [7, 11) is 1.59. The molecular weight excluding hydrogens is 578 g/mol. The second-order valence-electron chi connectivity index (χ2n) is 12.6. The zero-order valence-corrected chi connectivity index (χ0v) is 28.2. The van der Waals surface area contributed by atoms with E-state index in [1.807, 2.05) is 19.1 Å². The number of amides is 1. The first-order chi connectivity index (χ1) is 21.4. The van der Waals surface area contributed by atoms with Gasteiger partial charge in [-0.15, -0.1) is 0 Å². The quantitative estimate of drug-likeness (QED) is 0.321. The van der Waals surface area contributed by atoms with Gasteiger partial charge in [0.15, 0.2) is 6.10 Å². The summed E-state index contributed by atoms with van der Waals surface area (Å²) >= 11 is 0. The molecule has 10 heteroatoms. The molecule has 0 aliphatic carbocycles. The van der Waals surface area contributed by atoms with E-state index in [4.69, 9.17) is 9.47 Å². The van der Waals surface area contributed by atoms with Crippen molar-refractivity contribution in [2.24, 2.45) is 17.8 Å². The highest BCUT2D eigenvalue weighted by atomic mass is 16.5. The Labute approximate surface area is 270 Å². The number of aliphatic hydroxyl groups is 3. The van der Waals surface area contributed by atoms with E-state index in [9.17, 15) is 34.5 Å². The minimum atomic E-state index is -1.20. The van der Waals surface area contributed by atoms with Crippen LogP contribution in [-0.2, 0) is 28.7 Å². The zero-order valence-electron chi connectivity index (χ0n) is 28.2. The molecule has 0 aromatic heterocycles. The number of β-amino-alcohol motifs (C(OH)–C–C–N with tert-alkyl or cyclic N) is 1. The molecule has 4 N–H and O–H groups in total. The fourth-order valence-corrected chi connectivity index (χ4v) is 5.46. The number of rotatable bonds is 5. The van der Waals surface area contributed by atoms with Crippen LogP contribution in [0.25, 0.3) is 0 Å². The highest BCUT2D eigenvalue weighted by Crippen LogP contribution is 2.20. The standard InChI is InChI=1S/C35H59NO9/c1-6-11-33-34(42)36-22-29(38)21-32(41)31(40)19-18-27(23-44-5)14-8-12-26(7-2)13-9-15-28(37)16-10-17-30(39)24(3)20-25(4)35(43)45-33/h8,12,14,24-26,29,31-33,38,40-41H,6-7,9-11,13,15-23H2,1-5H3,(H,36,42). The molecular formula is C35H59NO9. The summed E-state index contributed by atoms with van der Waals surface area (Å²) in [5.74, 6) is -1.67. The molecule has 258 valence electrons. The molecule has 0 saturated carbocycles. The van der Waals surface area contributed by atoms with Gasteiger partial charge in [0.2, 0.25) is 0 Å². The van der Waals surface area contributed by atoms with Crippen molar-refractivity contribution in [2.75, 3.05) is 20.3 Å². The molecule has 7 atom stereocenters. The van der Waals surface area contributed by atoms with Gasteiger partial charge in [0.1, 0.15) is 11.6 Å². The maximum atomic E-state index is 12.8. The lowest BCUT2D eigenvalue weighted by atomic mass is 9.91. The van der Waals surface area contributed by atoms with Gasteiger partial charge in [-0.05, 0) is 62.9 Å². The van der Waals surface area contributed by atoms with Crippen LogP contribution in [0, 0.1) is 17.8 Å². The van der Waals surface area contributed by atoms with E-state index in [0.29, 0.717) is 44.6 Å². The summed E-state index contributed by atoms with van der Waals surface area (Å²) in [6, 6.07) is 0. The predicted octanol–water partition coefficient (Wildman–Crippen LogP) is 4.38. The summed E-state index contributed by atoms with van der Waals surface area (Å²) < 4.78 is 10.8. The van der Waals surface area contributed by atoms with Crippen LogP contribution in [0.4, 0.5) is 0 Å². The normalized spacial score (nSPS) is 30.5. The molecule has 7 unspecified atom stereocenters. The van der Waals surface area contributed by atoms with Crippen LogP contribution in [0.1, 0.15) is 111 Å². The average molecular weight is 638 g/mol. The van der Waals surface area contributed by atoms with Gasteiger partial charge in [0, 0.05) is 45.3 Å². The first-order valence-electron chi connectivity index (χ1n) is 16.8.